The average molecular weight is 282 g/mol. The van der Waals surface area contributed by atoms with Gasteiger partial charge in [0.25, 0.3) is 5.69 Å². The molecule has 0 aromatic heterocycles. The molecule has 112 valence electrons. The topological polar surface area (TPSA) is 84.6 Å². The first-order chi connectivity index (χ1) is 9.29. The fourth-order valence-corrected chi connectivity index (χ4v) is 1.95. The van der Waals surface area contributed by atoms with Gasteiger partial charge >= 0.3 is 0 Å². The molecule has 1 aromatic rings. The van der Waals surface area contributed by atoms with Crippen LogP contribution < -0.4 is 10.1 Å². The minimum atomic E-state index is -0.441. The van der Waals surface area contributed by atoms with Crippen LogP contribution in [0.1, 0.15) is 27.2 Å². The predicted octanol–water partition coefficient (Wildman–Crippen LogP) is 2.81. The molecule has 2 N–H and O–H groups in total. The Morgan fingerprint density at radius 2 is 2.10 bits per heavy atom. The fourth-order valence-electron chi connectivity index (χ4n) is 1.95. The monoisotopic (exact) mass is 282 g/mol. The van der Waals surface area contributed by atoms with E-state index in [0.29, 0.717) is 17.9 Å². The Morgan fingerprint density at radius 1 is 1.45 bits per heavy atom. The number of rotatable bonds is 6. The Labute approximate surface area is 118 Å². The van der Waals surface area contributed by atoms with Crippen molar-refractivity contribution in [1.29, 1.82) is 0 Å². The number of benzene rings is 1. The van der Waals surface area contributed by atoms with Crippen molar-refractivity contribution >= 4 is 11.4 Å². The fraction of sp³-hybridized carbons (Fsp3) is 0.571. The molecule has 6 heteroatoms. The van der Waals surface area contributed by atoms with E-state index in [2.05, 4.69) is 5.32 Å². The van der Waals surface area contributed by atoms with Gasteiger partial charge in [0.05, 0.1) is 18.1 Å². The van der Waals surface area contributed by atoms with Crippen LogP contribution in [0.3, 0.4) is 0 Å². The van der Waals surface area contributed by atoms with E-state index in [9.17, 15) is 10.1 Å². The van der Waals surface area contributed by atoms with Crippen molar-refractivity contribution in [2.45, 2.75) is 33.2 Å². The summed E-state index contributed by atoms with van der Waals surface area (Å²) in [4.78, 5) is 10.7. The van der Waals surface area contributed by atoms with Gasteiger partial charge in [-0.2, -0.15) is 0 Å². The van der Waals surface area contributed by atoms with Gasteiger partial charge < -0.3 is 15.2 Å². The highest BCUT2D eigenvalue weighted by atomic mass is 16.6. The molecule has 0 radical (unpaired) electrons. The summed E-state index contributed by atoms with van der Waals surface area (Å²) in [5, 5.41) is 23.4. The summed E-state index contributed by atoms with van der Waals surface area (Å²) >= 11 is 0. The lowest BCUT2D eigenvalue weighted by Crippen LogP contribution is -2.35. The van der Waals surface area contributed by atoms with Gasteiger partial charge in [0.2, 0.25) is 0 Å². The molecule has 1 aromatic carbocycles. The van der Waals surface area contributed by atoms with Crippen LogP contribution in [0.4, 0.5) is 11.4 Å². The van der Waals surface area contributed by atoms with Crippen LogP contribution in [0.15, 0.2) is 18.2 Å². The first-order valence-corrected chi connectivity index (χ1v) is 6.49. The van der Waals surface area contributed by atoms with E-state index in [1.807, 2.05) is 20.8 Å². The maximum absolute atomic E-state index is 11.1. The minimum absolute atomic E-state index is 0.0267. The first kappa shape index (κ1) is 16.2. The van der Waals surface area contributed by atoms with Crippen LogP contribution >= 0.6 is 0 Å². The molecular weight excluding hydrogens is 260 g/mol. The number of aliphatic hydroxyl groups is 1. The highest BCUT2D eigenvalue weighted by molar-refractivity contribution is 5.64. The number of methoxy groups -OCH3 is 1. The molecule has 0 heterocycles. The second-order valence-electron chi connectivity index (χ2n) is 5.72. The number of anilines is 1. The van der Waals surface area contributed by atoms with Crippen molar-refractivity contribution in [3.05, 3.63) is 28.3 Å². The second-order valence-corrected chi connectivity index (χ2v) is 5.72. The lowest BCUT2D eigenvalue weighted by molar-refractivity contribution is -0.384. The van der Waals surface area contributed by atoms with E-state index in [0.717, 1.165) is 0 Å². The van der Waals surface area contributed by atoms with Crippen molar-refractivity contribution in [1.82, 2.24) is 0 Å². The molecule has 0 aliphatic rings. The quantitative estimate of drug-likeness (QED) is 0.619. The number of ether oxygens (including phenoxy) is 1. The zero-order valence-electron chi connectivity index (χ0n) is 12.3. The molecule has 1 unspecified atom stereocenters. The van der Waals surface area contributed by atoms with E-state index >= 15 is 0 Å². The summed E-state index contributed by atoms with van der Waals surface area (Å²) in [5.74, 6) is 0.441. The van der Waals surface area contributed by atoms with E-state index in [1.54, 1.807) is 12.1 Å². The van der Waals surface area contributed by atoms with Gasteiger partial charge in [-0.25, -0.2) is 0 Å². The van der Waals surface area contributed by atoms with Crippen LogP contribution in [0.25, 0.3) is 0 Å². The van der Waals surface area contributed by atoms with Crippen LogP contribution in [0.2, 0.25) is 0 Å². The van der Waals surface area contributed by atoms with Gasteiger partial charge in [0, 0.05) is 12.6 Å². The summed E-state index contributed by atoms with van der Waals surface area (Å²) in [7, 11) is 1.47. The average Bonchev–Trinajstić information content (AvgIpc) is 2.37. The largest absolute Gasteiger partial charge is 0.496 e. The number of nitro groups is 1. The number of hydrogen-bond acceptors (Lipinski definition) is 5. The number of aliphatic hydroxyl groups excluding tert-OH is 1. The van der Waals surface area contributed by atoms with Crippen LogP contribution in [0.5, 0.6) is 5.75 Å². The minimum Gasteiger partial charge on any atom is -0.496 e. The third kappa shape index (κ3) is 4.09. The molecule has 0 saturated carbocycles. The van der Waals surface area contributed by atoms with Crippen molar-refractivity contribution in [3.8, 4) is 5.75 Å². The van der Waals surface area contributed by atoms with Crippen LogP contribution in [0, 0.1) is 15.5 Å². The van der Waals surface area contributed by atoms with Gasteiger partial charge in [0.15, 0.2) is 0 Å². The normalized spacial score (nSPS) is 12.8. The number of nitrogens with zero attached hydrogens (tertiary/aromatic N) is 1. The van der Waals surface area contributed by atoms with E-state index < -0.39 is 4.92 Å². The lowest BCUT2D eigenvalue weighted by atomic mass is 9.84. The zero-order chi connectivity index (χ0) is 15.3. The van der Waals surface area contributed by atoms with Crippen LogP contribution in [-0.2, 0) is 0 Å². The zero-order valence-corrected chi connectivity index (χ0v) is 12.3. The van der Waals surface area contributed by atoms with Gasteiger partial charge in [-0.3, -0.25) is 10.1 Å². The van der Waals surface area contributed by atoms with E-state index in [-0.39, 0.29) is 23.8 Å². The van der Waals surface area contributed by atoms with Gasteiger partial charge in [-0.1, -0.05) is 20.8 Å². The molecule has 1 rings (SSSR count). The molecular formula is C14H22N2O4. The maximum Gasteiger partial charge on any atom is 0.296 e. The molecule has 0 fully saturated rings. The summed E-state index contributed by atoms with van der Waals surface area (Å²) < 4.78 is 5.01. The van der Waals surface area contributed by atoms with Crippen molar-refractivity contribution in [2.75, 3.05) is 19.0 Å². The summed E-state index contributed by atoms with van der Waals surface area (Å²) in [6.07, 6.45) is 0.521. The molecule has 0 spiro atoms. The number of nitrogens with one attached hydrogen (secondary N) is 1. The standard InChI is InChI=1S/C14H22N2O4/c1-14(2,3)13(7-8-17)15-11-6-5-10(20-4)9-12(11)16(18)19/h5-6,9,13,15,17H,7-8H2,1-4H3. The first-order valence-electron chi connectivity index (χ1n) is 6.49. The summed E-state index contributed by atoms with van der Waals surface area (Å²) in [5.41, 5.74) is 0.275. The summed E-state index contributed by atoms with van der Waals surface area (Å²) in [6, 6.07) is 4.63. The Balaban J connectivity index is 3.09. The molecule has 20 heavy (non-hydrogen) atoms. The Bertz CT molecular complexity index is 469. The molecule has 6 nitrogen and oxygen atoms in total. The Morgan fingerprint density at radius 3 is 2.55 bits per heavy atom. The van der Waals surface area contributed by atoms with E-state index in [1.165, 1.54) is 13.2 Å². The van der Waals surface area contributed by atoms with Crippen LogP contribution in [-0.4, -0.2) is 29.8 Å². The Hall–Kier alpha value is -1.82. The molecule has 1 atom stereocenters. The van der Waals surface area contributed by atoms with Crippen molar-refractivity contribution in [2.24, 2.45) is 5.41 Å². The molecule has 0 saturated heterocycles. The maximum atomic E-state index is 11.1. The lowest BCUT2D eigenvalue weighted by Gasteiger charge is -2.31. The van der Waals surface area contributed by atoms with Crippen molar-refractivity contribution in [3.63, 3.8) is 0 Å². The highest BCUT2D eigenvalue weighted by Gasteiger charge is 2.26. The predicted molar refractivity (Wildman–Crippen MR) is 78.2 cm³/mol. The van der Waals surface area contributed by atoms with Gasteiger partial charge in [-0.05, 0) is 24.0 Å². The van der Waals surface area contributed by atoms with Gasteiger partial charge in [0.1, 0.15) is 11.4 Å². The van der Waals surface area contributed by atoms with E-state index in [4.69, 9.17) is 9.84 Å². The molecule has 0 bridgehead atoms. The number of hydrogen-bond donors (Lipinski definition) is 2. The Kier molecular flexibility index (Phi) is 5.33. The van der Waals surface area contributed by atoms with Crippen molar-refractivity contribution < 1.29 is 14.8 Å². The second kappa shape index (κ2) is 6.56. The third-order valence-electron chi connectivity index (χ3n) is 3.19. The molecule has 0 aliphatic carbocycles. The highest BCUT2D eigenvalue weighted by Crippen LogP contribution is 2.33. The molecule has 0 aliphatic heterocycles. The molecule has 0 amide bonds. The number of nitro benzene ring substituents is 1. The smallest absolute Gasteiger partial charge is 0.296 e. The summed E-state index contributed by atoms with van der Waals surface area (Å²) in [6.45, 7) is 6.10. The van der Waals surface area contributed by atoms with Gasteiger partial charge in [-0.15, -0.1) is 0 Å². The SMILES string of the molecule is COc1ccc(NC(CCO)C(C)(C)C)c([N+](=O)[O-])c1. The third-order valence-corrected chi connectivity index (χ3v) is 3.19.